The van der Waals surface area contributed by atoms with Crippen LogP contribution in [-0.4, -0.2) is 31.6 Å². The van der Waals surface area contributed by atoms with E-state index in [-0.39, 0.29) is 0 Å². The molecule has 1 unspecified atom stereocenters. The second kappa shape index (κ2) is 5.94. The van der Waals surface area contributed by atoms with Gasteiger partial charge in [0, 0.05) is 0 Å². The van der Waals surface area contributed by atoms with Crippen molar-refractivity contribution in [3.05, 3.63) is 48.0 Å². The molecule has 2 aromatic rings. The van der Waals surface area contributed by atoms with E-state index in [2.05, 4.69) is 54.4 Å². The van der Waals surface area contributed by atoms with Crippen LogP contribution in [0.4, 0.5) is 0 Å². The average molecular weight is 268 g/mol. The second-order valence-electron chi connectivity index (χ2n) is 6.05. The molecule has 0 radical (unpaired) electrons. The topological polar surface area (TPSA) is 29.3 Å². The summed E-state index contributed by atoms with van der Waals surface area (Å²) in [5.41, 5.74) is 7.59. The molecule has 0 aromatic heterocycles. The van der Waals surface area contributed by atoms with E-state index >= 15 is 0 Å². The van der Waals surface area contributed by atoms with Crippen LogP contribution in [0.5, 0.6) is 0 Å². The van der Waals surface area contributed by atoms with E-state index < -0.39 is 0 Å². The third-order valence-corrected chi connectivity index (χ3v) is 4.81. The largest absolute Gasteiger partial charge is 0.330 e. The fourth-order valence-electron chi connectivity index (χ4n) is 3.58. The molecule has 1 aliphatic rings. The highest BCUT2D eigenvalue weighted by Gasteiger charge is 2.26. The van der Waals surface area contributed by atoms with Gasteiger partial charge in [0.1, 0.15) is 0 Å². The number of piperidine rings is 1. The van der Waals surface area contributed by atoms with Crippen LogP contribution in [0, 0.1) is 5.92 Å². The maximum atomic E-state index is 6.15. The first-order valence-electron chi connectivity index (χ1n) is 7.66. The maximum absolute atomic E-state index is 6.15. The molecule has 1 atom stereocenters. The molecule has 3 rings (SSSR count). The summed E-state index contributed by atoms with van der Waals surface area (Å²) in [6, 6.07) is 15.3. The van der Waals surface area contributed by atoms with E-state index in [1.54, 1.807) is 0 Å². The van der Waals surface area contributed by atoms with Gasteiger partial charge in [-0.25, -0.2) is 0 Å². The lowest BCUT2D eigenvalue weighted by Gasteiger charge is -2.34. The van der Waals surface area contributed by atoms with Crippen molar-refractivity contribution in [2.45, 2.75) is 18.8 Å². The number of nitrogens with zero attached hydrogens (tertiary/aromatic N) is 1. The molecule has 1 fully saturated rings. The summed E-state index contributed by atoms with van der Waals surface area (Å²) in [4.78, 5) is 2.42. The van der Waals surface area contributed by atoms with Crippen LogP contribution in [0.3, 0.4) is 0 Å². The molecule has 0 aliphatic carbocycles. The van der Waals surface area contributed by atoms with E-state index in [1.807, 2.05) is 0 Å². The van der Waals surface area contributed by atoms with Crippen LogP contribution in [0.1, 0.15) is 24.3 Å². The first-order valence-corrected chi connectivity index (χ1v) is 7.66. The summed E-state index contributed by atoms with van der Waals surface area (Å²) < 4.78 is 0. The molecular formula is C18H24N2. The molecule has 106 valence electrons. The molecule has 2 aromatic carbocycles. The smallest absolute Gasteiger partial charge is 0.000344 e. The lowest BCUT2D eigenvalue weighted by molar-refractivity contribution is 0.199. The van der Waals surface area contributed by atoms with Crippen molar-refractivity contribution in [2.24, 2.45) is 11.7 Å². The van der Waals surface area contributed by atoms with Gasteiger partial charge in [-0.2, -0.15) is 0 Å². The summed E-state index contributed by atoms with van der Waals surface area (Å²) in [7, 11) is 2.21. The molecule has 0 saturated carbocycles. The first-order chi connectivity index (χ1) is 9.79. The normalized spacial score (nSPS) is 19.3. The SMILES string of the molecule is CN1CCC(C(CN)c2cccc3ccccc23)CC1. The van der Waals surface area contributed by atoms with Crippen molar-refractivity contribution in [2.75, 3.05) is 26.7 Å². The predicted molar refractivity (Wildman–Crippen MR) is 86.0 cm³/mol. The van der Waals surface area contributed by atoms with Crippen molar-refractivity contribution in [1.29, 1.82) is 0 Å². The highest BCUT2D eigenvalue weighted by Crippen LogP contribution is 2.35. The monoisotopic (exact) mass is 268 g/mol. The minimum Gasteiger partial charge on any atom is -0.330 e. The Morgan fingerprint density at radius 1 is 1.10 bits per heavy atom. The molecule has 20 heavy (non-hydrogen) atoms. The van der Waals surface area contributed by atoms with Crippen molar-refractivity contribution in [3.63, 3.8) is 0 Å². The molecule has 1 heterocycles. The lowest BCUT2D eigenvalue weighted by atomic mass is 9.78. The van der Waals surface area contributed by atoms with Gasteiger partial charge in [-0.05, 0) is 67.7 Å². The van der Waals surface area contributed by atoms with Crippen LogP contribution in [-0.2, 0) is 0 Å². The maximum Gasteiger partial charge on any atom is -0.000344 e. The Bertz CT molecular complexity index is 565. The van der Waals surface area contributed by atoms with Gasteiger partial charge in [0.15, 0.2) is 0 Å². The number of hydrogen-bond acceptors (Lipinski definition) is 2. The lowest BCUT2D eigenvalue weighted by Crippen LogP contribution is -2.34. The van der Waals surface area contributed by atoms with Crippen molar-refractivity contribution >= 4 is 10.8 Å². The Kier molecular flexibility index (Phi) is 4.04. The number of likely N-dealkylation sites (tertiary alicyclic amines) is 1. The average Bonchev–Trinajstić information content (AvgIpc) is 2.50. The fourth-order valence-corrected chi connectivity index (χ4v) is 3.58. The number of benzene rings is 2. The number of fused-ring (bicyclic) bond motifs is 1. The Labute approximate surface area is 121 Å². The quantitative estimate of drug-likeness (QED) is 0.926. The summed E-state index contributed by atoms with van der Waals surface area (Å²) in [6.07, 6.45) is 2.53. The third-order valence-electron chi connectivity index (χ3n) is 4.81. The minimum absolute atomic E-state index is 0.495. The molecule has 0 spiro atoms. The summed E-state index contributed by atoms with van der Waals surface area (Å²) in [5.74, 6) is 1.22. The van der Waals surface area contributed by atoms with E-state index in [4.69, 9.17) is 5.73 Å². The van der Waals surface area contributed by atoms with Gasteiger partial charge in [0.05, 0.1) is 0 Å². The van der Waals surface area contributed by atoms with Gasteiger partial charge < -0.3 is 10.6 Å². The standard InChI is InChI=1S/C18H24N2/c1-20-11-9-15(10-12-20)18(13-19)17-8-4-6-14-5-2-3-7-16(14)17/h2-8,15,18H,9-13,19H2,1H3. The molecule has 0 amide bonds. The second-order valence-corrected chi connectivity index (χ2v) is 6.05. The predicted octanol–water partition coefficient (Wildman–Crippen LogP) is 3.22. The van der Waals surface area contributed by atoms with Gasteiger partial charge in [-0.1, -0.05) is 42.5 Å². The van der Waals surface area contributed by atoms with Gasteiger partial charge >= 0.3 is 0 Å². The van der Waals surface area contributed by atoms with E-state index in [0.717, 1.165) is 12.5 Å². The minimum atomic E-state index is 0.495. The van der Waals surface area contributed by atoms with Gasteiger partial charge in [-0.3, -0.25) is 0 Å². The van der Waals surface area contributed by atoms with Crippen molar-refractivity contribution in [3.8, 4) is 0 Å². The van der Waals surface area contributed by atoms with Crippen LogP contribution in [0.2, 0.25) is 0 Å². The Morgan fingerprint density at radius 3 is 2.55 bits per heavy atom. The van der Waals surface area contributed by atoms with Gasteiger partial charge in [0.25, 0.3) is 0 Å². The zero-order valence-corrected chi connectivity index (χ0v) is 12.3. The Balaban J connectivity index is 1.95. The van der Waals surface area contributed by atoms with Gasteiger partial charge in [0.2, 0.25) is 0 Å². The Morgan fingerprint density at radius 2 is 1.80 bits per heavy atom. The highest BCUT2D eigenvalue weighted by molar-refractivity contribution is 5.86. The molecular weight excluding hydrogens is 244 g/mol. The fraction of sp³-hybridized carbons (Fsp3) is 0.444. The molecule has 1 aliphatic heterocycles. The van der Waals surface area contributed by atoms with Gasteiger partial charge in [-0.15, -0.1) is 0 Å². The molecule has 1 saturated heterocycles. The van der Waals surface area contributed by atoms with E-state index in [0.29, 0.717) is 5.92 Å². The Hall–Kier alpha value is -1.38. The van der Waals surface area contributed by atoms with E-state index in [9.17, 15) is 0 Å². The highest BCUT2D eigenvalue weighted by atomic mass is 15.1. The molecule has 2 nitrogen and oxygen atoms in total. The molecule has 0 bridgehead atoms. The summed E-state index contributed by atoms with van der Waals surface area (Å²) in [5, 5.41) is 2.71. The summed E-state index contributed by atoms with van der Waals surface area (Å²) >= 11 is 0. The van der Waals surface area contributed by atoms with Crippen LogP contribution in [0.25, 0.3) is 10.8 Å². The van der Waals surface area contributed by atoms with Crippen molar-refractivity contribution in [1.82, 2.24) is 4.90 Å². The summed E-state index contributed by atoms with van der Waals surface area (Å²) in [6.45, 7) is 3.15. The van der Waals surface area contributed by atoms with Crippen molar-refractivity contribution < 1.29 is 0 Å². The van der Waals surface area contributed by atoms with Crippen LogP contribution in [0.15, 0.2) is 42.5 Å². The van der Waals surface area contributed by atoms with Crippen LogP contribution < -0.4 is 5.73 Å². The number of nitrogens with two attached hydrogens (primary N) is 1. The molecule has 2 heteroatoms. The first kappa shape index (κ1) is 13.6. The number of hydrogen-bond donors (Lipinski definition) is 1. The molecule has 2 N–H and O–H groups in total. The zero-order valence-electron chi connectivity index (χ0n) is 12.3. The zero-order chi connectivity index (χ0) is 13.9. The van der Waals surface area contributed by atoms with E-state index in [1.165, 1.54) is 42.3 Å². The number of rotatable bonds is 3. The van der Waals surface area contributed by atoms with Crippen LogP contribution >= 0.6 is 0 Å². The third kappa shape index (κ3) is 2.58.